The van der Waals surface area contributed by atoms with Crippen LogP contribution in [-0.2, 0) is 0 Å². The number of hydrogen-bond acceptors (Lipinski definition) is 1. The summed E-state index contributed by atoms with van der Waals surface area (Å²) in [4.78, 5) is 0. The van der Waals surface area contributed by atoms with Crippen molar-refractivity contribution in [2.45, 2.75) is 31.3 Å². The summed E-state index contributed by atoms with van der Waals surface area (Å²) in [6.45, 7) is 7.22. The van der Waals surface area contributed by atoms with E-state index in [-0.39, 0.29) is 0 Å². The van der Waals surface area contributed by atoms with Crippen molar-refractivity contribution in [3.63, 3.8) is 0 Å². The quantitative estimate of drug-likeness (QED) is 0.481. The molecule has 2 heteroatoms. The summed E-state index contributed by atoms with van der Waals surface area (Å²) >= 11 is 5.55. The standard InChI is InChI=1S/C10H17ClO/c1-3-6-10(12,7-4-2)8-5-9-11/h3-4,12H,1-2,5-9H2. The average Bonchev–Trinajstić information content (AvgIpc) is 2.02. The second-order valence-electron chi connectivity index (χ2n) is 3.00. The van der Waals surface area contributed by atoms with Gasteiger partial charge < -0.3 is 5.11 Å². The topological polar surface area (TPSA) is 20.2 Å². The molecule has 0 aromatic heterocycles. The fourth-order valence-electron chi connectivity index (χ4n) is 1.22. The minimum atomic E-state index is -0.668. The number of halogens is 1. The van der Waals surface area contributed by atoms with Gasteiger partial charge in [-0.05, 0) is 25.7 Å². The van der Waals surface area contributed by atoms with Gasteiger partial charge >= 0.3 is 0 Å². The van der Waals surface area contributed by atoms with Crippen LogP contribution in [0.4, 0.5) is 0 Å². The number of aliphatic hydroxyl groups is 1. The first-order chi connectivity index (χ1) is 5.68. The van der Waals surface area contributed by atoms with Gasteiger partial charge in [0.2, 0.25) is 0 Å². The number of alkyl halides is 1. The van der Waals surface area contributed by atoms with Crippen LogP contribution in [0, 0.1) is 0 Å². The van der Waals surface area contributed by atoms with Gasteiger partial charge in [0.15, 0.2) is 0 Å². The zero-order chi connectivity index (χ0) is 9.45. The highest BCUT2D eigenvalue weighted by molar-refractivity contribution is 6.17. The summed E-state index contributed by atoms with van der Waals surface area (Å²) in [5.74, 6) is 0.594. The summed E-state index contributed by atoms with van der Waals surface area (Å²) in [6, 6.07) is 0. The Bertz CT molecular complexity index is 133. The van der Waals surface area contributed by atoms with E-state index in [0.29, 0.717) is 25.1 Å². The molecule has 0 atom stereocenters. The van der Waals surface area contributed by atoms with Gasteiger partial charge in [0.05, 0.1) is 5.60 Å². The van der Waals surface area contributed by atoms with Gasteiger partial charge in [-0.25, -0.2) is 0 Å². The first-order valence-corrected chi connectivity index (χ1v) is 4.72. The monoisotopic (exact) mass is 188 g/mol. The summed E-state index contributed by atoms with van der Waals surface area (Å²) < 4.78 is 0. The average molecular weight is 189 g/mol. The van der Waals surface area contributed by atoms with Gasteiger partial charge in [0.25, 0.3) is 0 Å². The molecule has 0 fully saturated rings. The van der Waals surface area contributed by atoms with Gasteiger partial charge in [0, 0.05) is 5.88 Å². The largest absolute Gasteiger partial charge is 0.389 e. The van der Waals surface area contributed by atoms with Crippen LogP contribution in [-0.4, -0.2) is 16.6 Å². The highest BCUT2D eigenvalue weighted by Gasteiger charge is 2.22. The van der Waals surface area contributed by atoms with Crippen molar-refractivity contribution >= 4 is 11.6 Å². The second kappa shape index (κ2) is 6.27. The molecule has 0 radical (unpaired) electrons. The van der Waals surface area contributed by atoms with Gasteiger partial charge in [-0.3, -0.25) is 0 Å². The lowest BCUT2D eigenvalue weighted by Gasteiger charge is -2.25. The lowest BCUT2D eigenvalue weighted by molar-refractivity contribution is 0.0369. The van der Waals surface area contributed by atoms with Crippen LogP contribution in [0.5, 0.6) is 0 Å². The fraction of sp³-hybridized carbons (Fsp3) is 0.600. The molecule has 0 saturated heterocycles. The number of hydrogen-bond donors (Lipinski definition) is 1. The molecule has 0 aliphatic rings. The summed E-state index contributed by atoms with van der Waals surface area (Å²) in [7, 11) is 0. The number of rotatable bonds is 7. The summed E-state index contributed by atoms with van der Waals surface area (Å²) in [5.41, 5.74) is -0.668. The van der Waals surface area contributed by atoms with Crippen molar-refractivity contribution in [2.75, 3.05) is 5.88 Å². The van der Waals surface area contributed by atoms with Gasteiger partial charge in [-0.2, -0.15) is 0 Å². The predicted molar refractivity (Wildman–Crippen MR) is 54.5 cm³/mol. The molecule has 0 spiro atoms. The molecule has 0 rings (SSSR count). The second-order valence-corrected chi connectivity index (χ2v) is 3.38. The van der Waals surface area contributed by atoms with E-state index in [1.165, 1.54) is 0 Å². The zero-order valence-corrected chi connectivity index (χ0v) is 8.19. The Kier molecular flexibility index (Phi) is 6.13. The van der Waals surface area contributed by atoms with Crippen molar-refractivity contribution in [1.29, 1.82) is 0 Å². The van der Waals surface area contributed by atoms with Gasteiger partial charge in [0.1, 0.15) is 0 Å². The smallest absolute Gasteiger partial charge is 0.0716 e. The SMILES string of the molecule is C=CCC(O)(CC=C)CCCCl. The lowest BCUT2D eigenvalue weighted by Crippen LogP contribution is -2.27. The van der Waals surface area contributed by atoms with E-state index in [9.17, 15) is 5.11 Å². The van der Waals surface area contributed by atoms with Crippen LogP contribution in [0.3, 0.4) is 0 Å². The van der Waals surface area contributed by atoms with E-state index >= 15 is 0 Å². The molecule has 0 aromatic carbocycles. The third kappa shape index (κ3) is 4.58. The van der Waals surface area contributed by atoms with Crippen LogP contribution in [0.25, 0.3) is 0 Å². The minimum Gasteiger partial charge on any atom is -0.389 e. The van der Waals surface area contributed by atoms with E-state index in [4.69, 9.17) is 11.6 Å². The van der Waals surface area contributed by atoms with Crippen LogP contribution in [0.15, 0.2) is 25.3 Å². The van der Waals surface area contributed by atoms with Crippen LogP contribution in [0.2, 0.25) is 0 Å². The van der Waals surface area contributed by atoms with Crippen molar-refractivity contribution in [3.8, 4) is 0 Å². The van der Waals surface area contributed by atoms with Crippen molar-refractivity contribution in [3.05, 3.63) is 25.3 Å². The highest BCUT2D eigenvalue weighted by Crippen LogP contribution is 2.22. The molecule has 0 unspecified atom stereocenters. The molecule has 0 saturated carbocycles. The van der Waals surface area contributed by atoms with Crippen molar-refractivity contribution in [1.82, 2.24) is 0 Å². The Labute approximate surface area is 79.7 Å². The van der Waals surface area contributed by atoms with E-state index in [0.717, 1.165) is 6.42 Å². The fourth-order valence-corrected chi connectivity index (χ4v) is 1.35. The van der Waals surface area contributed by atoms with E-state index in [1.54, 1.807) is 12.2 Å². The normalized spacial score (nSPS) is 11.2. The highest BCUT2D eigenvalue weighted by atomic mass is 35.5. The maximum atomic E-state index is 9.94. The Hall–Kier alpha value is -0.270. The zero-order valence-electron chi connectivity index (χ0n) is 7.43. The molecule has 0 amide bonds. The maximum Gasteiger partial charge on any atom is 0.0716 e. The maximum absolute atomic E-state index is 9.94. The summed E-state index contributed by atoms with van der Waals surface area (Å²) in [6.07, 6.45) is 6.23. The molecule has 0 heterocycles. The lowest BCUT2D eigenvalue weighted by atomic mass is 9.91. The van der Waals surface area contributed by atoms with Crippen molar-refractivity contribution in [2.24, 2.45) is 0 Å². The molecule has 1 nitrogen and oxygen atoms in total. The third-order valence-electron chi connectivity index (χ3n) is 1.82. The third-order valence-corrected chi connectivity index (χ3v) is 2.09. The van der Waals surface area contributed by atoms with Gasteiger partial charge in [-0.1, -0.05) is 12.2 Å². The van der Waals surface area contributed by atoms with E-state index in [2.05, 4.69) is 13.2 Å². The predicted octanol–water partition coefficient (Wildman–Crippen LogP) is 2.89. The first kappa shape index (κ1) is 11.7. The molecule has 0 aromatic rings. The first-order valence-electron chi connectivity index (χ1n) is 4.18. The molecule has 0 bridgehead atoms. The molecular formula is C10H17ClO. The Morgan fingerprint density at radius 2 is 1.75 bits per heavy atom. The van der Waals surface area contributed by atoms with Gasteiger partial charge in [-0.15, -0.1) is 24.8 Å². The Balaban J connectivity index is 3.96. The Morgan fingerprint density at radius 1 is 1.25 bits per heavy atom. The van der Waals surface area contributed by atoms with Crippen LogP contribution >= 0.6 is 11.6 Å². The molecule has 12 heavy (non-hydrogen) atoms. The molecule has 70 valence electrons. The molecule has 0 aliphatic carbocycles. The molecule has 1 N–H and O–H groups in total. The molecule has 0 aliphatic heterocycles. The van der Waals surface area contributed by atoms with Crippen molar-refractivity contribution < 1.29 is 5.11 Å². The van der Waals surface area contributed by atoms with E-state index in [1.807, 2.05) is 0 Å². The minimum absolute atomic E-state index is 0.594. The Morgan fingerprint density at radius 3 is 2.08 bits per heavy atom. The van der Waals surface area contributed by atoms with Crippen LogP contribution < -0.4 is 0 Å². The molecular weight excluding hydrogens is 172 g/mol. The van der Waals surface area contributed by atoms with Crippen LogP contribution in [0.1, 0.15) is 25.7 Å². The summed E-state index contributed by atoms with van der Waals surface area (Å²) in [5, 5.41) is 9.94. The van der Waals surface area contributed by atoms with E-state index < -0.39 is 5.60 Å².